The van der Waals surface area contributed by atoms with Gasteiger partial charge >= 0.3 is 5.63 Å². The monoisotopic (exact) mass is 504 g/mol. The molecule has 1 atom stereocenters. The summed E-state index contributed by atoms with van der Waals surface area (Å²) in [5.41, 5.74) is 2.98. The zero-order valence-electron chi connectivity index (χ0n) is 19.5. The van der Waals surface area contributed by atoms with Crippen LogP contribution in [0.15, 0.2) is 82.0 Å². The Hall–Kier alpha value is -4.10. The molecule has 0 aliphatic rings. The van der Waals surface area contributed by atoms with E-state index < -0.39 is 30.2 Å². The highest BCUT2D eigenvalue weighted by Crippen LogP contribution is 2.25. The van der Waals surface area contributed by atoms with Crippen molar-refractivity contribution in [3.8, 4) is 5.75 Å². The number of rotatable bonds is 9. The zero-order chi connectivity index (χ0) is 25.7. The highest BCUT2D eigenvalue weighted by Gasteiger charge is 2.16. The summed E-state index contributed by atoms with van der Waals surface area (Å²) in [5, 5.41) is 15.2. The van der Waals surface area contributed by atoms with Gasteiger partial charge in [0.2, 0.25) is 0 Å². The summed E-state index contributed by atoms with van der Waals surface area (Å²) in [5.74, 6) is -1.74. The van der Waals surface area contributed by atoms with Gasteiger partial charge in [-0.2, -0.15) is 0 Å². The fourth-order valence-electron chi connectivity index (χ4n) is 3.90. The summed E-state index contributed by atoms with van der Waals surface area (Å²) in [7, 11) is 0. The van der Waals surface area contributed by atoms with Crippen LogP contribution in [0.3, 0.4) is 0 Å². The second-order valence-corrected chi connectivity index (χ2v) is 8.81. The van der Waals surface area contributed by atoms with Crippen molar-refractivity contribution in [1.82, 2.24) is 5.32 Å². The molecule has 3 aromatic carbocycles. The van der Waals surface area contributed by atoms with E-state index in [0.717, 1.165) is 16.5 Å². The Morgan fingerprint density at radius 2 is 1.75 bits per heavy atom. The molecule has 1 amide bonds. The van der Waals surface area contributed by atoms with Crippen molar-refractivity contribution in [2.45, 2.75) is 25.8 Å². The van der Waals surface area contributed by atoms with Crippen LogP contribution in [0.5, 0.6) is 5.75 Å². The molecule has 0 radical (unpaired) electrons. The first-order valence-electron chi connectivity index (χ1n) is 11.3. The molecule has 0 fully saturated rings. The van der Waals surface area contributed by atoms with E-state index in [2.05, 4.69) is 5.32 Å². The van der Waals surface area contributed by atoms with Crippen molar-refractivity contribution < 1.29 is 23.8 Å². The minimum atomic E-state index is -1.41. The summed E-state index contributed by atoms with van der Waals surface area (Å²) in [6.45, 7) is 1.44. The average molecular weight is 505 g/mol. The molecule has 4 aromatic rings. The minimum absolute atomic E-state index is 0.0387. The van der Waals surface area contributed by atoms with Gasteiger partial charge in [0.05, 0.1) is 12.0 Å². The van der Waals surface area contributed by atoms with Crippen LogP contribution in [0.2, 0.25) is 5.02 Å². The van der Waals surface area contributed by atoms with E-state index in [1.807, 2.05) is 37.3 Å². The van der Waals surface area contributed by atoms with Gasteiger partial charge in [0.25, 0.3) is 5.91 Å². The fraction of sp³-hybridized carbons (Fsp3) is 0.179. The highest BCUT2D eigenvalue weighted by molar-refractivity contribution is 6.30. The number of fused-ring (bicyclic) bond motifs is 1. The van der Waals surface area contributed by atoms with Crippen molar-refractivity contribution in [3.63, 3.8) is 0 Å². The normalized spacial score (nSPS) is 11.7. The number of carboxylic acid groups (broad SMARTS) is 1. The molecule has 1 heterocycles. The Morgan fingerprint density at radius 1 is 1.03 bits per heavy atom. The van der Waals surface area contributed by atoms with Crippen LogP contribution >= 0.6 is 11.6 Å². The second kappa shape index (κ2) is 11.1. The molecular formula is C28H23ClNO6-. The molecule has 1 N–H and O–H groups in total. The first kappa shape index (κ1) is 25.0. The molecule has 8 heteroatoms. The molecule has 4 rings (SSSR count). The standard InChI is InChI=1S/C28H24ClNO6/c1-17-22-12-11-21(15-25(22)36-28(34)23(17)13-18-5-3-2-4-6-18)35-16-26(31)30-24(27(32)33)14-19-7-9-20(29)10-8-19/h2-12,15,24H,13-14,16H2,1H3,(H,30,31)(H,32,33)/p-1/t24-/m0/s1. The number of carbonyl (C=O) groups is 2. The quantitative estimate of drug-likeness (QED) is 0.351. The van der Waals surface area contributed by atoms with Crippen LogP contribution in [0.1, 0.15) is 22.3 Å². The SMILES string of the molecule is Cc1c(Cc2ccccc2)c(=O)oc2cc(OCC(=O)N[C@@H](Cc3ccc(Cl)cc3)C(=O)[O-])ccc12. The maximum absolute atomic E-state index is 12.6. The predicted molar refractivity (Wildman–Crippen MR) is 134 cm³/mol. The zero-order valence-corrected chi connectivity index (χ0v) is 20.2. The van der Waals surface area contributed by atoms with E-state index >= 15 is 0 Å². The first-order chi connectivity index (χ1) is 17.3. The number of amides is 1. The Labute approximate surface area is 212 Å². The third kappa shape index (κ3) is 6.12. The Bertz CT molecular complexity index is 1450. The number of ether oxygens (including phenoxy) is 1. The summed E-state index contributed by atoms with van der Waals surface area (Å²) in [6, 6.07) is 20.0. The number of nitrogens with one attached hydrogen (secondary N) is 1. The number of carboxylic acids is 1. The topological polar surface area (TPSA) is 109 Å². The molecule has 0 unspecified atom stereocenters. The van der Waals surface area contributed by atoms with Crippen molar-refractivity contribution in [2.24, 2.45) is 0 Å². The Balaban J connectivity index is 1.43. The number of hydrogen-bond donors (Lipinski definition) is 1. The predicted octanol–water partition coefficient (Wildman–Crippen LogP) is 3.20. The highest BCUT2D eigenvalue weighted by atomic mass is 35.5. The van der Waals surface area contributed by atoms with Crippen molar-refractivity contribution in [2.75, 3.05) is 6.61 Å². The third-order valence-electron chi connectivity index (χ3n) is 5.83. The van der Waals surface area contributed by atoms with E-state index in [0.29, 0.717) is 33.9 Å². The lowest BCUT2D eigenvalue weighted by Gasteiger charge is -2.20. The maximum atomic E-state index is 12.6. The number of carbonyl (C=O) groups excluding carboxylic acids is 2. The van der Waals surface area contributed by atoms with Gasteiger partial charge in [-0.05, 0) is 54.3 Å². The van der Waals surface area contributed by atoms with Gasteiger partial charge in [-0.3, -0.25) is 4.79 Å². The molecule has 1 aromatic heterocycles. The molecule has 0 spiro atoms. The number of benzene rings is 3. The molecule has 0 aliphatic carbocycles. The van der Waals surface area contributed by atoms with Crippen molar-refractivity contribution >= 4 is 34.4 Å². The number of hydrogen-bond acceptors (Lipinski definition) is 6. The van der Waals surface area contributed by atoms with Gasteiger partial charge in [0.15, 0.2) is 6.61 Å². The molecule has 0 saturated heterocycles. The van der Waals surface area contributed by atoms with Gasteiger partial charge in [0.1, 0.15) is 11.3 Å². The number of aliphatic carboxylic acids is 1. The Morgan fingerprint density at radius 3 is 2.44 bits per heavy atom. The lowest BCUT2D eigenvalue weighted by Crippen LogP contribution is -2.50. The lowest BCUT2D eigenvalue weighted by molar-refractivity contribution is -0.308. The summed E-state index contributed by atoms with van der Waals surface area (Å²) < 4.78 is 11.1. The van der Waals surface area contributed by atoms with Gasteiger partial charge < -0.3 is 24.4 Å². The van der Waals surface area contributed by atoms with Gasteiger partial charge in [-0.15, -0.1) is 0 Å². The third-order valence-corrected chi connectivity index (χ3v) is 6.08. The molecule has 0 aliphatic heterocycles. The van der Waals surface area contributed by atoms with E-state index in [9.17, 15) is 19.5 Å². The molecule has 7 nitrogen and oxygen atoms in total. The largest absolute Gasteiger partial charge is 0.548 e. The van der Waals surface area contributed by atoms with E-state index in [1.165, 1.54) is 6.07 Å². The summed E-state index contributed by atoms with van der Waals surface area (Å²) in [6.07, 6.45) is 0.496. The van der Waals surface area contributed by atoms with Crippen molar-refractivity contribution in [3.05, 3.63) is 110 Å². The average Bonchev–Trinajstić information content (AvgIpc) is 2.86. The smallest absolute Gasteiger partial charge is 0.340 e. The molecule has 0 bridgehead atoms. The van der Waals surface area contributed by atoms with Gasteiger partial charge in [-0.1, -0.05) is 54.1 Å². The van der Waals surface area contributed by atoms with E-state index in [1.54, 1.807) is 36.4 Å². The van der Waals surface area contributed by atoms with Crippen LogP contribution in [-0.2, 0) is 22.4 Å². The van der Waals surface area contributed by atoms with Crippen LogP contribution in [0, 0.1) is 6.92 Å². The van der Waals surface area contributed by atoms with E-state index in [4.69, 9.17) is 20.8 Å². The maximum Gasteiger partial charge on any atom is 0.340 e. The Kier molecular flexibility index (Phi) is 7.71. The fourth-order valence-corrected chi connectivity index (χ4v) is 4.03. The van der Waals surface area contributed by atoms with Crippen LogP contribution < -0.4 is 20.8 Å². The number of halogens is 1. The second-order valence-electron chi connectivity index (χ2n) is 8.37. The molecule has 36 heavy (non-hydrogen) atoms. The summed E-state index contributed by atoms with van der Waals surface area (Å²) >= 11 is 5.85. The lowest BCUT2D eigenvalue weighted by atomic mass is 10.00. The van der Waals surface area contributed by atoms with Crippen LogP contribution in [-0.4, -0.2) is 24.5 Å². The van der Waals surface area contributed by atoms with Crippen LogP contribution in [0.25, 0.3) is 11.0 Å². The molecular weight excluding hydrogens is 482 g/mol. The minimum Gasteiger partial charge on any atom is -0.548 e. The summed E-state index contributed by atoms with van der Waals surface area (Å²) in [4.78, 5) is 36.5. The molecule has 0 saturated carbocycles. The van der Waals surface area contributed by atoms with Crippen LogP contribution in [0.4, 0.5) is 0 Å². The van der Waals surface area contributed by atoms with E-state index in [-0.39, 0.29) is 6.42 Å². The van der Waals surface area contributed by atoms with Gasteiger partial charge in [-0.25, -0.2) is 4.79 Å². The molecule has 184 valence electrons. The number of aryl methyl sites for hydroxylation is 1. The first-order valence-corrected chi connectivity index (χ1v) is 11.7. The van der Waals surface area contributed by atoms with Gasteiger partial charge in [0, 0.05) is 28.5 Å². The van der Waals surface area contributed by atoms with Crippen molar-refractivity contribution in [1.29, 1.82) is 0 Å².